The minimum atomic E-state index is -0.990. The van der Waals surface area contributed by atoms with Gasteiger partial charge in [-0.2, -0.15) is 0 Å². The maximum atomic E-state index is 10.1. The third kappa shape index (κ3) is 6.88. The van der Waals surface area contributed by atoms with Gasteiger partial charge in [-0.05, 0) is 74.5 Å². The number of benzene rings is 2. The van der Waals surface area contributed by atoms with E-state index in [0.29, 0.717) is 0 Å². The molecule has 208 valence electrons. The molecule has 42 heavy (non-hydrogen) atoms. The number of para-hydroxylation sites is 2. The van der Waals surface area contributed by atoms with Gasteiger partial charge in [0.05, 0.1) is 11.0 Å². The van der Waals surface area contributed by atoms with Gasteiger partial charge in [0.1, 0.15) is 17.3 Å². The minimum absolute atomic E-state index is 0. The van der Waals surface area contributed by atoms with Crippen molar-refractivity contribution in [2.75, 3.05) is 0 Å². The molecule has 0 unspecified atom stereocenters. The Morgan fingerprint density at radius 3 is 1.33 bits per heavy atom. The number of aryl methyl sites for hydroxylation is 2. The molecule has 0 fully saturated rings. The average molecular weight is 735 g/mol. The Morgan fingerprint density at radius 2 is 0.976 bits per heavy atom. The standard InChI is InChI=1S/2C14H12N2.C6H5NO2.Pt/c2*1-11-10-12-6-2-3-7-13(12)16(11)14-8-4-5-9-15-14;8-6(9)5-3-1-2-4-7-5;/h2*2-10H,1H3;1-4H,(H,8,9);/q;;;+4. The van der Waals surface area contributed by atoms with E-state index >= 15 is 0 Å². The van der Waals surface area contributed by atoms with Crippen molar-refractivity contribution >= 4 is 27.8 Å². The second-order valence-electron chi connectivity index (χ2n) is 9.26. The van der Waals surface area contributed by atoms with Gasteiger partial charge in [-0.3, -0.25) is 9.13 Å². The van der Waals surface area contributed by atoms with Crippen molar-refractivity contribution in [3.63, 3.8) is 0 Å². The molecule has 0 saturated heterocycles. The summed E-state index contributed by atoms with van der Waals surface area (Å²) in [6.45, 7) is 4.21. The average Bonchev–Trinajstić information content (AvgIpc) is 3.54. The predicted octanol–water partition coefficient (Wildman–Crippen LogP) is 7.45. The van der Waals surface area contributed by atoms with Crippen molar-refractivity contribution in [3.8, 4) is 11.6 Å². The third-order valence-corrected chi connectivity index (χ3v) is 6.43. The maximum absolute atomic E-state index is 10.1. The van der Waals surface area contributed by atoms with Gasteiger partial charge in [0.25, 0.3) is 0 Å². The molecule has 7 aromatic rings. The molecule has 7 rings (SSSR count). The van der Waals surface area contributed by atoms with E-state index < -0.39 is 5.97 Å². The van der Waals surface area contributed by atoms with E-state index in [1.165, 1.54) is 45.5 Å². The van der Waals surface area contributed by atoms with E-state index in [-0.39, 0.29) is 26.8 Å². The summed E-state index contributed by atoms with van der Waals surface area (Å²) in [4.78, 5) is 22.5. The van der Waals surface area contributed by atoms with Crippen molar-refractivity contribution in [2.45, 2.75) is 13.8 Å². The molecule has 0 aliphatic rings. The van der Waals surface area contributed by atoms with Crippen LogP contribution < -0.4 is 0 Å². The Morgan fingerprint density at radius 1 is 0.571 bits per heavy atom. The van der Waals surface area contributed by atoms with Crippen LogP contribution in [0, 0.1) is 13.8 Å². The number of carbonyl (C=O) groups is 1. The number of fused-ring (bicyclic) bond motifs is 2. The van der Waals surface area contributed by atoms with Gasteiger partial charge in [0, 0.05) is 40.8 Å². The molecule has 0 saturated carbocycles. The molecule has 1 N–H and O–H groups in total. The number of aromatic nitrogens is 5. The van der Waals surface area contributed by atoms with Crippen LogP contribution >= 0.6 is 0 Å². The summed E-state index contributed by atoms with van der Waals surface area (Å²) in [5.41, 5.74) is 4.91. The molecule has 0 radical (unpaired) electrons. The van der Waals surface area contributed by atoms with Crippen LogP contribution in [0.5, 0.6) is 0 Å². The zero-order valence-corrected chi connectivity index (χ0v) is 25.4. The molecular formula is C34H29N5O2Pt+4. The SMILES string of the molecule is Cc1cc2ccccc2n1-c1ccccn1.Cc1cc2ccccc2n1-c1ccccn1.O=C(O)c1ccccn1.[Pt+4]. The second kappa shape index (κ2) is 14.2. The first-order valence-electron chi connectivity index (χ1n) is 13.1. The van der Waals surface area contributed by atoms with Crippen molar-refractivity contribution in [1.82, 2.24) is 24.1 Å². The van der Waals surface area contributed by atoms with E-state index in [1.807, 2.05) is 48.8 Å². The quantitative estimate of drug-likeness (QED) is 0.204. The number of rotatable bonds is 3. The zero-order chi connectivity index (χ0) is 28.6. The Hall–Kier alpha value is -4.87. The van der Waals surface area contributed by atoms with Crippen molar-refractivity contribution in [3.05, 3.63) is 151 Å². The summed E-state index contributed by atoms with van der Waals surface area (Å²) in [7, 11) is 0. The summed E-state index contributed by atoms with van der Waals surface area (Å²) in [6, 6.07) is 37.8. The molecule has 0 bridgehead atoms. The van der Waals surface area contributed by atoms with Crippen LogP contribution in [0.2, 0.25) is 0 Å². The molecule has 0 atom stereocenters. The van der Waals surface area contributed by atoms with Gasteiger partial charge in [-0.25, -0.2) is 19.7 Å². The van der Waals surface area contributed by atoms with Gasteiger partial charge in [-0.1, -0.05) is 54.6 Å². The smallest absolute Gasteiger partial charge is 0.477 e. The number of nitrogens with zero attached hydrogens (tertiary/aromatic N) is 5. The number of carboxylic acids is 1. The van der Waals surface area contributed by atoms with Gasteiger partial charge in [0.2, 0.25) is 0 Å². The third-order valence-electron chi connectivity index (χ3n) is 6.43. The van der Waals surface area contributed by atoms with Crippen LogP contribution in [-0.4, -0.2) is 35.2 Å². The van der Waals surface area contributed by atoms with Crippen LogP contribution in [-0.2, 0) is 21.1 Å². The molecule has 0 amide bonds. The fourth-order valence-electron chi connectivity index (χ4n) is 4.66. The molecule has 8 heteroatoms. The minimum Gasteiger partial charge on any atom is -0.477 e. The maximum Gasteiger partial charge on any atom is 4.00 e. The molecule has 5 heterocycles. The topological polar surface area (TPSA) is 85.8 Å². The van der Waals surface area contributed by atoms with Crippen LogP contribution in [0.25, 0.3) is 33.4 Å². The molecule has 0 aliphatic heterocycles. The van der Waals surface area contributed by atoms with Crippen LogP contribution in [0.4, 0.5) is 0 Å². The van der Waals surface area contributed by atoms with Crippen LogP contribution in [0.15, 0.2) is 134 Å². The number of pyridine rings is 3. The summed E-state index contributed by atoms with van der Waals surface area (Å²) < 4.78 is 4.35. The summed E-state index contributed by atoms with van der Waals surface area (Å²) >= 11 is 0. The number of carboxylic acid groups (broad SMARTS) is 1. The first kappa shape index (κ1) is 30.1. The monoisotopic (exact) mass is 734 g/mol. The van der Waals surface area contributed by atoms with E-state index in [2.05, 4.69) is 98.6 Å². The summed E-state index contributed by atoms with van der Waals surface area (Å²) in [5, 5.41) is 10.8. The summed E-state index contributed by atoms with van der Waals surface area (Å²) in [6.07, 6.45) is 5.09. The normalized spacial score (nSPS) is 10.1. The van der Waals surface area contributed by atoms with Gasteiger partial charge in [0.15, 0.2) is 0 Å². The fourth-order valence-corrected chi connectivity index (χ4v) is 4.66. The Bertz CT molecular complexity index is 1770. The molecular weight excluding hydrogens is 705 g/mol. The van der Waals surface area contributed by atoms with E-state index in [9.17, 15) is 4.79 Å². The van der Waals surface area contributed by atoms with Gasteiger partial charge >= 0.3 is 27.0 Å². The van der Waals surface area contributed by atoms with Crippen molar-refractivity contribution < 1.29 is 31.0 Å². The number of aromatic carboxylic acids is 1. The molecule has 2 aromatic carbocycles. The first-order chi connectivity index (χ1) is 20.0. The van der Waals surface area contributed by atoms with Crippen molar-refractivity contribution in [2.24, 2.45) is 0 Å². The number of hydrogen-bond acceptors (Lipinski definition) is 4. The molecule has 7 nitrogen and oxygen atoms in total. The molecule has 0 aliphatic carbocycles. The van der Waals surface area contributed by atoms with Crippen molar-refractivity contribution in [1.29, 1.82) is 0 Å². The Balaban J connectivity index is 0.000000149. The molecule has 5 aromatic heterocycles. The zero-order valence-electron chi connectivity index (χ0n) is 23.1. The fraction of sp³-hybridized carbons (Fsp3) is 0.0588. The first-order valence-corrected chi connectivity index (χ1v) is 13.1. The Labute approximate surface area is 258 Å². The van der Waals surface area contributed by atoms with Crippen LogP contribution in [0.1, 0.15) is 21.9 Å². The molecule has 0 spiro atoms. The van der Waals surface area contributed by atoms with E-state index in [1.54, 1.807) is 12.1 Å². The Kier molecular flexibility index (Phi) is 10.1. The second-order valence-corrected chi connectivity index (χ2v) is 9.26. The largest absolute Gasteiger partial charge is 4.00 e. The summed E-state index contributed by atoms with van der Waals surface area (Å²) in [5.74, 6) is 0.956. The van der Waals surface area contributed by atoms with Gasteiger partial charge < -0.3 is 5.11 Å². The van der Waals surface area contributed by atoms with E-state index in [4.69, 9.17) is 5.11 Å². The van der Waals surface area contributed by atoms with Crippen LogP contribution in [0.3, 0.4) is 0 Å². The predicted molar refractivity (Wildman–Crippen MR) is 163 cm³/mol. The van der Waals surface area contributed by atoms with Gasteiger partial charge in [-0.15, -0.1) is 0 Å². The number of hydrogen-bond donors (Lipinski definition) is 1. The van der Waals surface area contributed by atoms with E-state index in [0.717, 1.165) is 11.6 Å².